The molecule has 22 heavy (non-hydrogen) atoms. The molecular weight excluding hydrogens is 368 g/mol. The van der Waals surface area contributed by atoms with Gasteiger partial charge in [-0.05, 0) is 45.8 Å². The number of amides is 1. The summed E-state index contributed by atoms with van der Waals surface area (Å²) in [5, 5.41) is 6.00. The number of halogens is 1. The summed E-state index contributed by atoms with van der Waals surface area (Å²) in [6.45, 7) is 1.71. The van der Waals surface area contributed by atoms with Crippen LogP contribution in [0.15, 0.2) is 34.1 Å². The normalized spacial score (nSPS) is 12.4. The van der Waals surface area contributed by atoms with Crippen LogP contribution in [-0.2, 0) is 17.9 Å². The van der Waals surface area contributed by atoms with E-state index in [4.69, 9.17) is 9.47 Å². The number of rotatable bonds is 6. The molecule has 0 saturated carbocycles. The van der Waals surface area contributed by atoms with Gasteiger partial charge in [0.05, 0.1) is 10.3 Å². The standard InChI is InChI=1S/C15H15BrN2O3S/c16-14-4-2-11(22-14)7-17-8-15(19)18-6-10-1-3-12-13(5-10)21-9-20-12/h1-5,17H,6-9H2,(H,18,19). The first-order valence-corrected chi connectivity index (χ1v) is 8.42. The number of carbonyl (C=O) groups is 1. The molecule has 116 valence electrons. The Morgan fingerprint density at radius 1 is 1.18 bits per heavy atom. The summed E-state index contributed by atoms with van der Waals surface area (Å²) in [6.07, 6.45) is 0. The molecule has 5 nitrogen and oxygen atoms in total. The van der Waals surface area contributed by atoms with Gasteiger partial charge in [0.15, 0.2) is 11.5 Å². The molecule has 2 aromatic rings. The van der Waals surface area contributed by atoms with Crippen molar-refractivity contribution in [2.24, 2.45) is 0 Å². The van der Waals surface area contributed by atoms with Gasteiger partial charge < -0.3 is 20.1 Å². The van der Waals surface area contributed by atoms with E-state index in [0.717, 1.165) is 20.8 Å². The minimum absolute atomic E-state index is 0.0340. The summed E-state index contributed by atoms with van der Waals surface area (Å²) in [4.78, 5) is 13.0. The van der Waals surface area contributed by atoms with Crippen molar-refractivity contribution < 1.29 is 14.3 Å². The average molecular weight is 383 g/mol. The number of carbonyl (C=O) groups excluding carboxylic acids is 1. The molecule has 0 atom stereocenters. The first-order valence-electron chi connectivity index (χ1n) is 6.81. The van der Waals surface area contributed by atoms with E-state index in [0.29, 0.717) is 19.6 Å². The molecule has 1 aliphatic heterocycles. The zero-order valence-corrected chi connectivity index (χ0v) is 14.1. The lowest BCUT2D eigenvalue weighted by Gasteiger charge is -2.07. The monoisotopic (exact) mass is 382 g/mol. The van der Waals surface area contributed by atoms with E-state index < -0.39 is 0 Å². The molecule has 2 N–H and O–H groups in total. The molecule has 3 rings (SSSR count). The van der Waals surface area contributed by atoms with Crippen LogP contribution in [0.3, 0.4) is 0 Å². The molecule has 1 aromatic heterocycles. The Morgan fingerprint density at radius 2 is 2.05 bits per heavy atom. The van der Waals surface area contributed by atoms with Crippen LogP contribution in [-0.4, -0.2) is 19.2 Å². The van der Waals surface area contributed by atoms with Gasteiger partial charge >= 0.3 is 0 Å². The average Bonchev–Trinajstić information content (AvgIpc) is 3.13. The first kappa shape index (κ1) is 15.3. The van der Waals surface area contributed by atoms with Crippen molar-refractivity contribution in [2.75, 3.05) is 13.3 Å². The topological polar surface area (TPSA) is 59.6 Å². The quantitative estimate of drug-likeness (QED) is 0.805. The lowest BCUT2D eigenvalue weighted by molar-refractivity contribution is -0.120. The van der Waals surface area contributed by atoms with E-state index in [1.807, 2.05) is 30.3 Å². The first-order chi connectivity index (χ1) is 10.7. The third-order valence-corrected chi connectivity index (χ3v) is 4.76. The van der Waals surface area contributed by atoms with Gasteiger partial charge in [0.1, 0.15) is 0 Å². The summed E-state index contributed by atoms with van der Waals surface area (Å²) in [6, 6.07) is 9.70. The van der Waals surface area contributed by atoms with E-state index in [2.05, 4.69) is 26.6 Å². The second kappa shape index (κ2) is 7.13. The fourth-order valence-electron chi connectivity index (χ4n) is 2.06. The van der Waals surface area contributed by atoms with Crippen LogP contribution in [0.4, 0.5) is 0 Å². The third-order valence-electron chi connectivity index (χ3n) is 3.14. The van der Waals surface area contributed by atoms with Crippen LogP contribution in [0.2, 0.25) is 0 Å². The van der Waals surface area contributed by atoms with Crippen LogP contribution in [0.1, 0.15) is 10.4 Å². The molecule has 0 bridgehead atoms. The summed E-state index contributed by atoms with van der Waals surface area (Å²) in [7, 11) is 0. The van der Waals surface area contributed by atoms with Crippen molar-refractivity contribution in [1.29, 1.82) is 0 Å². The minimum atomic E-state index is -0.0340. The van der Waals surface area contributed by atoms with E-state index in [9.17, 15) is 4.79 Å². The van der Waals surface area contributed by atoms with E-state index in [1.54, 1.807) is 11.3 Å². The molecule has 7 heteroatoms. The number of ether oxygens (including phenoxy) is 2. The number of nitrogens with one attached hydrogen (secondary N) is 2. The summed E-state index contributed by atoms with van der Waals surface area (Å²) in [5.41, 5.74) is 0.986. The largest absolute Gasteiger partial charge is 0.454 e. The van der Waals surface area contributed by atoms with Gasteiger partial charge in [-0.2, -0.15) is 0 Å². The Hall–Kier alpha value is -1.57. The fraction of sp³-hybridized carbons (Fsp3) is 0.267. The number of thiophene rings is 1. The van der Waals surface area contributed by atoms with Crippen molar-refractivity contribution in [3.63, 3.8) is 0 Å². The van der Waals surface area contributed by atoms with Gasteiger partial charge in [-0.1, -0.05) is 6.07 Å². The molecule has 0 radical (unpaired) electrons. The van der Waals surface area contributed by atoms with Gasteiger partial charge in [-0.3, -0.25) is 4.79 Å². The van der Waals surface area contributed by atoms with Crippen molar-refractivity contribution in [3.05, 3.63) is 44.6 Å². The van der Waals surface area contributed by atoms with Crippen molar-refractivity contribution >= 4 is 33.2 Å². The van der Waals surface area contributed by atoms with E-state index >= 15 is 0 Å². The molecule has 2 heterocycles. The highest BCUT2D eigenvalue weighted by atomic mass is 79.9. The Labute approximate surface area is 140 Å². The second-order valence-electron chi connectivity index (χ2n) is 4.77. The zero-order chi connectivity index (χ0) is 15.4. The highest BCUT2D eigenvalue weighted by Gasteiger charge is 2.13. The van der Waals surface area contributed by atoms with Gasteiger partial charge in [0.2, 0.25) is 12.7 Å². The Morgan fingerprint density at radius 3 is 2.86 bits per heavy atom. The number of fused-ring (bicyclic) bond motifs is 1. The van der Waals surface area contributed by atoms with Crippen LogP contribution in [0.5, 0.6) is 11.5 Å². The predicted molar refractivity (Wildman–Crippen MR) is 88.1 cm³/mol. The molecule has 0 aliphatic carbocycles. The molecule has 0 unspecified atom stereocenters. The van der Waals surface area contributed by atoms with Gasteiger partial charge in [0.25, 0.3) is 0 Å². The summed E-state index contributed by atoms with van der Waals surface area (Å²) in [5.74, 6) is 1.44. The molecule has 1 aromatic carbocycles. The molecule has 0 fully saturated rings. The lowest BCUT2D eigenvalue weighted by Crippen LogP contribution is -2.33. The zero-order valence-electron chi connectivity index (χ0n) is 11.7. The maximum absolute atomic E-state index is 11.8. The van der Waals surface area contributed by atoms with E-state index in [1.165, 1.54) is 4.88 Å². The van der Waals surface area contributed by atoms with E-state index in [-0.39, 0.29) is 12.7 Å². The number of benzene rings is 1. The summed E-state index contributed by atoms with van der Waals surface area (Å²) < 4.78 is 11.7. The number of hydrogen-bond donors (Lipinski definition) is 2. The maximum Gasteiger partial charge on any atom is 0.234 e. The molecule has 1 amide bonds. The second-order valence-corrected chi connectivity index (χ2v) is 7.32. The van der Waals surface area contributed by atoms with Crippen molar-refractivity contribution in [3.8, 4) is 11.5 Å². The minimum Gasteiger partial charge on any atom is -0.454 e. The SMILES string of the molecule is O=C(CNCc1ccc(Br)s1)NCc1ccc2c(c1)OCO2. The fourth-order valence-corrected chi connectivity index (χ4v) is 3.51. The van der Waals surface area contributed by atoms with Crippen LogP contribution < -0.4 is 20.1 Å². The molecule has 0 saturated heterocycles. The van der Waals surface area contributed by atoms with Gasteiger partial charge in [0, 0.05) is 18.0 Å². The smallest absolute Gasteiger partial charge is 0.234 e. The van der Waals surface area contributed by atoms with Gasteiger partial charge in [-0.15, -0.1) is 11.3 Å². The van der Waals surface area contributed by atoms with Crippen molar-refractivity contribution in [1.82, 2.24) is 10.6 Å². The number of hydrogen-bond acceptors (Lipinski definition) is 5. The Balaban J connectivity index is 1.40. The lowest BCUT2D eigenvalue weighted by atomic mass is 10.2. The Bertz CT molecular complexity index is 675. The third kappa shape index (κ3) is 4.00. The highest BCUT2D eigenvalue weighted by molar-refractivity contribution is 9.11. The Kier molecular flexibility index (Phi) is 4.97. The van der Waals surface area contributed by atoms with Crippen molar-refractivity contribution in [2.45, 2.75) is 13.1 Å². The van der Waals surface area contributed by atoms with Crippen LogP contribution in [0, 0.1) is 0 Å². The maximum atomic E-state index is 11.8. The highest BCUT2D eigenvalue weighted by Crippen LogP contribution is 2.32. The molecular formula is C15H15BrN2O3S. The molecule has 0 spiro atoms. The summed E-state index contributed by atoms with van der Waals surface area (Å²) >= 11 is 5.07. The van der Waals surface area contributed by atoms with Crippen LogP contribution in [0.25, 0.3) is 0 Å². The van der Waals surface area contributed by atoms with Crippen LogP contribution >= 0.6 is 27.3 Å². The molecule has 1 aliphatic rings. The van der Waals surface area contributed by atoms with Gasteiger partial charge in [-0.25, -0.2) is 0 Å². The predicted octanol–water partition coefficient (Wildman–Crippen LogP) is 2.65.